The van der Waals surface area contributed by atoms with Crippen molar-refractivity contribution in [3.8, 4) is 0 Å². The summed E-state index contributed by atoms with van der Waals surface area (Å²) in [6.07, 6.45) is 3.64. The molecule has 0 radical (unpaired) electrons. The number of ether oxygens (including phenoxy) is 1. The van der Waals surface area contributed by atoms with Crippen LogP contribution in [0.15, 0.2) is 6.07 Å². The minimum atomic E-state index is 0.364. The highest BCUT2D eigenvalue weighted by Crippen LogP contribution is 2.35. The standard InChI is InChI=1S/C12H13Cl2N3OS/c13-8-6-9(14)11-12(17-19-16-11)10(8)15-4-3-7-2-1-5-18-7/h6-7,15H,1-5H2. The topological polar surface area (TPSA) is 47.0 Å². The summed E-state index contributed by atoms with van der Waals surface area (Å²) in [4.78, 5) is 0. The molecule has 3 rings (SSSR count). The van der Waals surface area contributed by atoms with Crippen LogP contribution in [-0.2, 0) is 4.74 Å². The maximum Gasteiger partial charge on any atom is 0.130 e. The van der Waals surface area contributed by atoms with Crippen LogP contribution < -0.4 is 5.32 Å². The van der Waals surface area contributed by atoms with Crippen LogP contribution in [0.1, 0.15) is 19.3 Å². The first kappa shape index (κ1) is 13.4. The molecule has 0 bridgehead atoms. The molecule has 1 aliphatic heterocycles. The normalized spacial score (nSPS) is 19.2. The molecule has 102 valence electrons. The molecule has 2 aromatic rings. The Balaban J connectivity index is 1.74. The number of benzene rings is 1. The predicted molar refractivity (Wildman–Crippen MR) is 79.5 cm³/mol. The zero-order chi connectivity index (χ0) is 13.2. The molecule has 1 N–H and O–H groups in total. The van der Waals surface area contributed by atoms with Gasteiger partial charge >= 0.3 is 0 Å². The van der Waals surface area contributed by atoms with E-state index in [1.807, 2.05) is 0 Å². The summed E-state index contributed by atoms with van der Waals surface area (Å²) in [6.45, 7) is 1.69. The Morgan fingerprint density at radius 1 is 1.32 bits per heavy atom. The number of nitrogens with one attached hydrogen (secondary N) is 1. The van der Waals surface area contributed by atoms with Crippen LogP contribution in [0.5, 0.6) is 0 Å². The average Bonchev–Trinajstić information content (AvgIpc) is 3.04. The second-order valence-electron chi connectivity index (χ2n) is 4.53. The van der Waals surface area contributed by atoms with Gasteiger partial charge in [0, 0.05) is 13.2 Å². The number of anilines is 1. The third-order valence-electron chi connectivity index (χ3n) is 3.24. The summed E-state index contributed by atoms with van der Waals surface area (Å²) < 4.78 is 14.0. The van der Waals surface area contributed by atoms with Gasteiger partial charge in [-0.1, -0.05) is 23.2 Å². The monoisotopic (exact) mass is 317 g/mol. The highest BCUT2D eigenvalue weighted by atomic mass is 35.5. The molecule has 1 aromatic heterocycles. The van der Waals surface area contributed by atoms with Gasteiger partial charge in [0.1, 0.15) is 11.0 Å². The molecule has 1 atom stereocenters. The van der Waals surface area contributed by atoms with E-state index in [4.69, 9.17) is 27.9 Å². The van der Waals surface area contributed by atoms with Gasteiger partial charge in [0.2, 0.25) is 0 Å². The molecule has 0 saturated carbocycles. The van der Waals surface area contributed by atoms with E-state index in [-0.39, 0.29) is 0 Å². The van der Waals surface area contributed by atoms with Crippen molar-refractivity contribution in [2.45, 2.75) is 25.4 Å². The fraction of sp³-hybridized carbons (Fsp3) is 0.500. The van der Waals surface area contributed by atoms with Gasteiger partial charge in [0.15, 0.2) is 0 Å². The van der Waals surface area contributed by atoms with Crippen LogP contribution in [-0.4, -0.2) is 28.0 Å². The number of halogens is 2. The van der Waals surface area contributed by atoms with Gasteiger partial charge in [-0.3, -0.25) is 0 Å². The fourth-order valence-electron chi connectivity index (χ4n) is 2.27. The second kappa shape index (κ2) is 5.79. The van der Waals surface area contributed by atoms with E-state index in [1.54, 1.807) is 6.07 Å². The van der Waals surface area contributed by atoms with Gasteiger partial charge in [-0.25, -0.2) is 0 Å². The summed E-state index contributed by atoms with van der Waals surface area (Å²) >= 11 is 13.4. The van der Waals surface area contributed by atoms with Crippen molar-refractivity contribution >= 4 is 51.7 Å². The number of fused-ring (bicyclic) bond motifs is 1. The van der Waals surface area contributed by atoms with E-state index in [0.717, 1.165) is 55.3 Å². The molecule has 7 heteroatoms. The van der Waals surface area contributed by atoms with Crippen molar-refractivity contribution in [3.05, 3.63) is 16.1 Å². The lowest BCUT2D eigenvalue weighted by Crippen LogP contribution is -2.12. The molecule has 1 fully saturated rings. The van der Waals surface area contributed by atoms with Crippen LogP contribution in [0.25, 0.3) is 11.0 Å². The molecular formula is C12H13Cl2N3OS. The Kier molecular flexibility index (Phi) is 4.07. The first-order valence-corrected chi connectivity index (χ1v) is 7.70. The van der Waals surface area contributed by atoms with Crippen molar-refractivity contribution in [1.82, 2.24) is 8.75 Å². The molecule has 1 saturated heterocycles. The lowest BCUT2D eigenvalue weighted by molar-refractivity contribution is 0.107. The highest BCUT2D eigenvalue weighted by molar-refractivity contribution is 7.00. The molecule has 1 aliphatic rings. The van der Waals surface area contributed by atoms with Crippen LogP contribution in [0.2, 0.25) is 10.0 Å². The van der Waals surface area contributed by atoms with Crippen LogP contribution in [0, 0.1) is 0 Å². The minimum Gasteiger partial charge on any atom is -0.382 e. The molecule has 1 unspecified atom stereocenters. The van der Waals surface area contributed by atoms with E-state index >= 15 is 0 Å². The molecule has 0 amide bonds. The number of nitrogens with zero attached hydrogens (tertiary/aromatic N) is 2. The largest absolute Gasteiger partial charge is 0.382 e. The Morgan fingerprint density at radius 2 is 2.16 bits per heavy atom. The molecule has 0 aliphatic carbocycles. The Labute approximate surface area is 125 Å². The fourth-order valence-corrected chi connectivity index (χ4v) is 3.45. The van der Waals surface area contributed by atoms with Crippen molar-refractivity contribution in [1.29, 1.82) is 0 Å². The van der Waals surface area contributed by atoms with E-state index in [2.05, 4.69) is 14.1 Å². The van der Waals surface area contributed by atoms with Crippen molar-refractivity contribution in [2.75, 3.05) is 18.5 Å². The molecule has 2 heterocycles. The number of aromatic nitrogens is 2. The van der Waals surface area contributed by atoms with E-state index in [9.17, 15) is 0 Å². The summed E-state index contributed by atoms with van der Waals surface area (Å²) in [7, 11) is 0. The van der Waals surface area contributed by atoms with Crippen molar-refractivity contribution in [2.24, 2.45) is 0 Å². The molecule has 19 heavy (non-hydrogen) atoms. The van der Waals surface area contributed by atoms with Gasteiger partial charge in [-0.15, -0.1) is 0 Å². The Bertz CT molecular complexity index is 584. The summed E-state index contributed by atoms with van der Waals surface area (Å²) in [5, 5.41) is 4.45. The van der Waals surface area contributed by atoms with Crippen molar-refractivity contribution in [3.63, 3.8) is 0 Å². The maximum atomic E-state index is 6.22. The van der Waals surface area contributed by atoms with Gasteiger partial charge in [-0.05, 0) is 25.3 Å². The van der Waals surface area contributed by atoms with Crippen LogP contribution in [0.3, 0.4) is 0 Å². The first-order valence-electron chi connectivity index (χ1n) is 6.21. The van der Waals surface area contributed by atoms with Crippen LogP contribution >= 0.6 is 34.9 Å². The van der Waals surface area contributed by atoms with E-state index < -0.39 is 0 Å². The van der Waals surface area contributed by atoms with Crippen LogP contribution in [0.4, 0.5) is 5.69 Å². The van der Waals surface area contributed by atoms with Gasteiger partial charge in [-0.2, -0.15) is 8.75 Å². The molecule has 4 nitrogen and oxygen atoms in total. The van der Waals surface area contributed by atoms with Crippen molar-refractivity contribution < 1.29 is 4.74 Å². The van der Waals surface area contributed by atoms with Gasteiger partial charge < -0.3 is 10.1 Å². The third-order valence-corrected chi connectivity index (χ3v) is 4.35. The minimum absolute atomic E-state index is 0.364. The first-order chi connectivity index (χ1) is 9.25. The van der Waals surface area contributed by atoms with E-state index in [1.165, 1.54) is 0 Å². The van der Waals surface area contributed by atoms with Gasteiger partial charge in [0.05, 0.1) is 33.6 Å². The Morgan fingerprint density at radius 3 is 2.95 bits per heavy atom. The smallest absolute Gasteiger partial charge is 0.130 e. The number of rotatable bonds is 4. The molecule has 0 spiro atoms. The van der Waals surface area contributed by atoms with Gasteiger partial charge in [0.25, 0.3) is 0 Å². The summed E-state index contributed by atoms with van der Waals surface area (Å²) in [6, 6.07) is 1.71. The zero-order valence-corrected chi connectivity index (χ0v) is 12.5. The second-order valence-corrected chi connectivity index (χ2v) is 5.87. The number of hydrogen-bond acceptors (Lipinski definition) is 5. The summed E-state index contributed by atoms with van der Waals surface area (Å²) in [5.74, 6) is 0. The zero-order valence-electron chi connectivity index (χ0n) is 10.2. The maximum absolute atomic E-state index is 6.22. The Hall–Kier alpha value is -0.620. The predicted octanol–water partition coefficient (Wildman–Crippen LogP) is 3.98. The lowest BCUT2D eigenvalue weighted by Gasteiger charge is -2.12. The third kappa shape index (κ3) is 2.79. The number of hydrogen-bond donors (Lipinski definition) is 1. The molecular weight excluding hydrogens is 305 g/mol. The SMILES string of the molecule is Clc1cc(Cl)c2nsnc2c1NCCC1CCCO1. The highest BCUT2D eigenvalue weighted by Gasteiger charge is 2.17. The lowest BCUT2D eigenvalue weighted by atomic mass is 10.2. The average molecular weight is 318 g/mol. The summed E-state index contributed by atoms with van der Waals surface area (Å²) in [5.41, 5.74) is 2.26. The molecule has 1 aromatic carbocycles. The van der Waals surface area contributed by atoms with E-state index in [0.29, 0.717) is 21.7 Å². The quantitative estimate of drug-likeness (QED) is 0.926.